The summed E-state index contributed by atoms with van der Waals surface area (Å²) in [5.41, 5.74) is 0. The Bertz CT molecular complexity index is 647. The maximum atomic E-state index is 11.8. The van der Waals surface area contributed by atoms with Gasteiger partial charge >= 0.3 is 5.97 Å². The van der Waals surface area contributed by atoms with Crippen molar-refractivity contribution in [3.8, 4) is 23.7 Å². The largest absolute Gasteiger partial charge is 0.460 e. The lowest BCUT2D eigenvalue weighted by atomic mass is 10.0. The number of carbonyl (C=O) groups is 1. The molecule has 0 aromatic carbocycles. The summed E-state index contributed by atoms with van der Waals surface area (Å²) in [7, 11) is 0. The van der Waals surface area contributed by atoms with E-state index in [4.69, 9.17) is 18.9 Å². The Morgan fingerprint density at radius 3 is 2.96 bits per heavy atom. The van der Waals surface area contributed by atoms with Crippen molar-refractivity contribution in [1.29, 1.82) is 0 Å². The SMILES string of the molecule is CC#CC#CC=C1O[C@]2(CC[C@H](OC(=O)CC(C)C)CO2)[C@@H]2O[C@H]12. The minimum atomic E-state index is -0.754. The van der Waals surface area contributed by atoms with Crippen LogP contribution < -0.4 is 0 Å². The third-order valence-corrected chi connectivity index (χ3v) is 4.17. The normalized spacial score (nSPS) is 34.7. The van der Waals surface area contributed by atoms with E-state index in [1.54, 1.807) is 13.0 Å². The number of carbonyl (C=O) groups excluding carboxylic acids is 1. The van der Waals surface area contributed by atoms with E-state index in [0.29, 0.717) is 37.5 Å². The second-order valence-electron chi connectivity index (χ2n) is 6.64. The molecular formula is C19H22O5. The molecule has 0 saturated carbocycles. The van der Waals surface area contributed by atoms with Crippen LogP contribution in [0.4, 0.5) is 0 Å². The first-order chi connectivity index (χ1) is 11.5. The minimum absolute atomic E-state index is 0.0751. The molecule has 0 bridgehead atoms. The quantitative estimate of drug-likeness (QED) is 0.451. The van der Waals surface area contributed by atoms with Crippen molar-refractivity contribution in [2.24, 2.45) is 5.92 Å². The second kappa shape index (κ2) is 6.89. The summed E-state index contributed by atoms with van der Waals surface area (Å²) in [4.78, 5) is 11.8. The van der Waals surface area contributed by atoms with E-state index in [1.165, 1.54) is 0 Å². The highest BCUT2D eigenvalue weighted by Crippen LogP contribution is 2.52. The van der Waals surface area contributed by atoms with E-state index in [0.717, 1.165) is 0 Å². The monoisotopic (exact) mass is 330 g/mol. The number of rotatable bonds is 3. The Hall–Kier alpha value is -1.95. The van der Waals surface area contributed by atoms with Crippen LogP contribution in [0.2, 0.25) is 0 Å². The van der Waals surface area contributed by atoms with E-state index in [2.05, 4.69) is 23.7 Å². The lowest BCUT2D eigenvalue weighted by Crippen LogP contribution is -2.46. The highest BCUT2D eigenvalue weighted by atomic mass is 16.8. The van der Waals surface area contributed by atoms with Crippen molar-refractivity contribution in [3.05, 3.63) is 11.8 Å². The van der Waals surface area contributed by atoms with Crippen LogP contribution in [0, 0.1) is 29.6 Å². The van der Waals surface area contributed by atoms with Gasteiger partial charge in [-0.1, -0.05) is 25.7 Å². The molecule has 0 aliphatic carbocycles. The van der Waals surface area contributed by atoms with Gasteiger partial charge in [0, 0.05) is 18.9 Å². The highest BCUT2D eigenvalue weighted by Gasteiger charge is 2.67. The summed E-state index contributed by atoms with van der Waals surface area (Å²) in [6.07, 6.45) is 3.09. The summed E-state index contributed by atoms with van der Waals surface area (Å²) in [5.74, 6) is 11.0. The molecule has 3 aliphatic heterocycles. The van der Waals surface area contributed by atoms with Gasteiger partial charge in [-0.15, -0.1) is 0 Å². The highest BCUT2D eigenvalue weighted by molar-refractivity contribution is 5.69. The van der Waals surface area contributed by atoms with Crippen LogP contribution in [0.1, 0.15) is 40.0 Å². The molecule has 0 aromatic rings. The Morgan fingerprint density at radius 2 is 2.29 bits per heavy atom. The molecule has 3 fully saturated rings. The molecule has 3 aliphatic rings. The lowest BCUT2D eigenvalue weighted by molar-refractivity contribution is -0.260. The molecule has 0 aromatic heterocycles. The first-order valence-electron chi connectivity index (χ1n) is 8.34. The van der Waals surface area contributed by atoms with E-state index < -0.39 is 5.79 Å². The summed E-state index contributed by atoms with van der Waals surface area (Å²) < 4.78 is 23.0. The number of epoxide rings is 1. The van der Waals surface area contributed by atoms with Crippen molar-refractivity contribution < 1.29 is 23.7 Å². The third kappa shape index (κ3) is 3.59. The van der Waals surface area contributed by atoms with Crippen LogP contribution in [-0.2, 0) is 23.7 Å². The predicted octanol–water partition coefficient (Wildman–Crippen LogP) is 2.16. The van der Waals surface area contributed by atoms with E-state index >= 15 is 0 Å². The van der Waals surface area contributed by atoms with Gasteiger partial charge in [-0.2, -0.15) is 0 Å². The van der Waals surface area contributed by atoms with Gasteiger partial charge in [0.1, 0.15) is 18.0 Å². The molecule has 128 valence electrons. The smallest absolute Gasteiger partial charge is 0.306 e. The van der Waals surface area contributed by atoms with Crippen LogP contribution in [0.3, 0.4) is 0 Å². The zero-order valence-corrected chi connectivity index (χ0v) is 14.3. The molecule has 4 atom stereocenters. The topological polar surface area (TPSA) is 57.3 Å². The number of hydrogen-bond acceptors (Lipinski definition) is 5. The third-order valence-electron chi connectivity index (χ3n) is 4.17. The van der Waals surface area contributed by atoms with Crippen molar-refractivity contribution in [3.63, 3.8) is 0 Å². The van der Waals surface area contributed by atoms with Gasteiger partial charge < -0.3 is 18.9 Å². The fourth-order valence-electron chi connectivity index (χ4n) is 3.01. The summed E-state index contributed by atoms with van der Waals surface area (Å²) in [6, 6.07) is 0. The summed E-state index contributed by atoms with van der Waals surface area (Å²) >= 11 is 0. The van der Waals surface area contributed by atoms with Gasteiger partial charge in [0.25, 0.3) is 0 Å². The van der Waals surface area contributed by atoms with Gasteiger partial charge in [-0.05, 0) is 31.1 Å². The first kappa shape index (κ1) is 16.9. The number of esters is 1. The molecule has 3 rings (SSSR count). The average Bonchev–Trinajstić information content (AvgIpc) is 3.28. The van der Waals surface area contributed by atoms with Gasteiger partial charge in [-0.25, -0.2) is 0 Å². The maximum Gasteiger partial charge on any atom is 0.306 e. The zero-order chi connectivity index (χ0) is 17.2. The summed E-state index contributed by atoms with van der Waals surface area (Å²) in [6.45, 7) is 6.06. The number of fused-ring (bicyclic) bond motifs is 2. The maximum absolute atomic E-state index is 11.8. The van der Waals surface area contributed by atoms with Crippen LogP contribution in [0.15, 0.2) is 11.8 Å². The van der Waals surface area contributed by atoms with Crippen LogP contribution in [0.25, 0.3) is 0 Å². The van der Waals surface area contributed by atoms with Crippen molar-refractivity contribution >= 4 is 5.97 Å². The van der Waals surface area contributed by atoms with E-state index in [-0.39, 0.29) is 24.3 Å². The van der Waals surface area contributed by atoms with Crippen molar-refractivity contribution in [1.82, 2.24) is 0 Å². The number of hydrogen-bond donors (Lipinski definition) is 0. The van der Waals surface area contributed by atoms with E-state index in [1.807, 2.05) is 13.8 Å². The Balaban J connectivity index is 1.54. The fraction of sp³-hybridized carbons (Fsp3) is 0.632. The molecular weight excluding hydrogens is 308 g/mol. The number of ether oxygens (including phenoxy) is 4. The molecule has 24 heavy (non-hydrogen) atoms. The lowest BCUT2D eigenvalue weighted by Gasteiger charge is -2.36. The molecule has 5 nitrogen and oxygen atoms in total. The van der Waals surface area contributed by atoms with Gasteiger partial charge in [0.15, 0.2) is 6.10 Å². The minimum Gasteiger partial charge on any atom is -0.460 e. The predicted molar refractivity (Wildman–Crippen MR) is 86.3 cm³/mol. The first-order valence-corrected chi connectivity index (χ1v) is 8.34. The Kier molecular flexibility index (Phi) is 4.85. The number of allylic oxidation sites excluding steroid dienone is 1. The van der Waals surface area contributed by atoms with Crippen LogP contribution in [0.5, 0.6) is 0 Å². The Labute approximate surface area is 142 Å². The van der Waals surface area contributed by atoms with E-state index in [9.17, 15) is 4.79 Å². The molecule has 0 unspecified atom stereocenters. The standard InChI is InChI=1S/C19H22O5/c1-4-5-6-7-8-15-17-18(23-17)19(24-15)10-9-14(12-21-19)22-16(20)11-13(2)3/h8,13-14,17-18H,9-12H2,1-3H3/t14-,17+,18+,19+/m0/s1. The van der Waals surface area contributed by atoms with Gasteiger partial charge in [0.2, 0.25) is 5.79 Å². The van der Waals surface area contributed by atoms with Crippen molar-refractivity contribution in [2.45, 2.75) is 64.1 Å². The molecule has 0 amide bonds. The summed E-state index contributed by atoms with van der Waals surface area (Å²) in [5, 5.41) is 0. The fourth-order valence-corrected chi connectivity index (χ4v) is 3.01. The molecule has 0 radical (unpaired) electrons. The molecule has 0 N–H and O–H groups in total. The second-order valence-corrected chi connectivity index (χ2v) is 6.64. The average molecular weight is 330 g/mol. The van der Waals surface area contributed by atoms with Gasteiger partial charge in [-0.3, -0.25) is 4.79 Å². The van der Waals surface area contributed by atoms with Crippen molar-refractivity contribution in [2.75, 3.05) is 6.61 Å². The van der Waals surface area contributed by atoms with Crippen LogP contribution >= 0.6 is 0 Å². The molecule has 1 spiro atoms. The van der Waals surface area contributed by atoms with Gasteiger partial charge in [0.05, 0.1) is 6.61 Å². The Morgan fingerprint density at radius 1 is 1.46 bits per heavy atom. The molecule has 5 heteroatoms. The molecule has 3 saturated heterocycles. The van der Waals surface area contributed by atoms with Crippen LogP contribution in [-0.4, -0.2) is 36.7 Å². The zero-order valence-electron chi connectivity index (χ0n) is 14.3. The molecule has 3 heterocycles.